The lowest BCUT2D eigenvalue weighted by Crippen LogP contribution is -2.61. The number of hydrogen-bond acceptors (Lipinski definition) is 3. The molecule has 1 spiro atoms. The van der Waals surface area contributed by atoms with Crippen molar-refractivity contribution in [2.75, 3.05) is 0 Å². The molecule has 5 aliphatic rings. The van der Waals surface area contributed by atoms with Crippen LogP contribution < -0.4 is 0 Å². The van der Waals surface area contributed by atoms with Crippen LogP contribution in [0.1, 0.15) is 62.8 Å². The van der Waals surface area contributed by atoms with E-state index in [1.807, 2.05) is 13.0 Å². The molecule has 0 amide bonds. The van der Waals surface area contributed by atoms with Crippen molar-refractivity contribution in [2.24, 2.45) is 5.92 Å². The fourth-order valence-corrected chi connectivity index (χ4v) is 5.88. The second-order valence-electron chi connectivity index (χ2n) is 8.03. The quantitative estimate of drug-likeness (QED) is 0.739. The zero-order chi connectivity index (χ0) is 15.8. The van der Waals surface area contributed by atoms with Crippen molar-refractivity contribution in [1.29, 1.82) is 0 Å². The van der Waals surface area contributed by atoms with Crippen LogP contribution in [0.25, 0.3) is 0 Å². The second kappa shape index (κ2) is 4.32. The summed E-state index contributed by atoms with van der Waals surface area (Å²) in [7, 11) is 0. The lowest BCUT2D eigenvalue weighted by molar-refractivity contribution is -0.201. The van der Waals surface area contributed by atoms with Gasteiger partial charge in [-0.1, -0.05) is 11.6 Å². The largest absolute Gasteiger partial charge is 0.362 e. The van der Waals surface area contributed by atoms with E-state index in [-0.39, 0.29) is 17.4 Å². The summed E-state index contributed by atoms with van der Waals surface area (Å²) in [5.41, 5.74) is 4.37. The summed E-state index contributed by atoms with van der Waals surface area (Å²) in [5.74, 6) is 0.598. The second-order valence-corrected chi connectivity index (χ2v) is 8.03. The van der Waals surface area contributed by atoms with E-state index in [9.17, 15) is 4.79 Å². The topological polar surface area (TPSA) is 39.2 Å². The molecule has 4 bridgehead atoms. The molecular weight excluding hydrogens is 286 g/mol. The first-order chi connectivity index (χ1) is 11.0. The molecule has 1 aromatic rings. The number of carbonyl (C=O) groups is 1. The lowest BCUT2D eigenvalue weighted by Gasteiger charge is -2.56. The molecule has 4 atom stereocenters. The monoisotopic (exact) mass is 309 g/mol. The molecule has 1 saturated heterocycles. The first kappa shape index (κ1) is 13.9. The van der Waals surface area contributed by atoms with Gasteiger partial charge in [-0.3, -0.25) is 9.78 Å². The molecule has 2 saturated carbocycles. The van der Waals surface area contributed by atoms with Gasteiger partial charge in [0.1, 0.15) is 5.78 Å². The number of pyridine rings is 1. The van der Waals surface area contributed by atoms with Crippen LogP contribution >= 0.6 is 0 Å². The van der Waals surface area contributed by atoms with Crippen molar-refractivity contribution in [3.8, 4) is 0 Å². The SMILES string of the molecule is Cc1cccc([C@H]2CC3=C4CCCC[C@]45CC(=O)[C@H]3C2(C)O5)n1. The van der Waals surface area contributed by atoms with Crippen LogP contribution in [0.2, 0.25) is 0 Å². The number of fused-ring (bicyclic) bond motifs is 1. The van der Waals surface area contributed by atoms with Crippen LogP contribution in [0.3, 0.4) is 0 Å². The van der Waals surface area contributed by atoms with Gasteiger partial charge >= 0.3 is 0 Å². The van der Waals surface area contributed by atoms with E-state index < -0.39 is 5.60 Å². The summed E-state index contributed by atoms with van der Waals surface area (Å²) in [6.45, 7) is 4.20. The first-order valence-electron chi connectivity index (χ1n) is 8.92. The number of hydrogen-bond donors (Lipinski definition) is 0. The van der Waals surface area contributed by atoms with Gasteiger partial charge in [-0.2, -0.15) is 0 Å². The maximum absolute atomic E-state index is 12.9. The van der Waals surface area contributed by atoms with Crippen LogP contribution in [-0.4, -0.2) is 22.0 Å². The van der Waals surface area contributed by atoms with E-state index in [4.69, 9.17) is 9.72 Å². The molecule has 120 valence electrons. The Morgan fingerprint density at radius 2 is 2.17 bits per heavy atom. The van der Waals surface area contributed by atoms with E-state index in [0.29, 0.717) is 12.2 Å². The zero-order valence-electron chi connectivity index (χ0n) is 13.9. The van der Waals surface area contributed by atoms with Crippen molar-refractivity contribution in [1.82, 2.24) is 4.98 Å². The highest BCUT2D eigenvalue weighted by atomic mass is 16.5. The predicted molar refractivity (Wildman–Crippen MR) is 87.2 cm³/mol. The van der Waals surface area contributed by atoms with Gasteiger partial charge in [-0.25, -0.2) is 0 Å². The average Bonchev–Trinajstić information content (AvgIpc) is 2.76. The number of Topliss-reactive ketones (excluding diaryl/α,β-unsaturated/α-hetero) is 1. The minimum Gasteiger partial charge on any atom is -0.362 e. The Kier molecular flexibility index (Phi) is 2.62. The molecule has 0 aromatic carbocycles. The van der Waals surface area contributed by atoms with Gasteiger partial charge in [-0.15, -0.1) is 0 Å². The summed E-state index contributed by atoms with van der Waals surface area (Å²) >= 11 is 0. The number of aromatic nitrogens is 1. The maximum Gasteiger partial charge on any atom is 0.146 e. The number of aryl methyl sites for hydroxylation is 1. The summed E-state index contributed by atoms with van der Waals surface area (Å²) in [6.07, 6.45) is 6.14. The van der Waals surface area contributed by atoms with E-state index in [1.165, 1.54) is 24.0 Å². The van der Waals surface area contributed by atoms with Crippen molar-refractivity contribution >= 4 is 5.78 Å². The molecule has 3 aliphatic carbocycles. The van der Waals surface area contributed by atoms with Gasteiger partial charge in [0.2, 0.25) is 0 Å². The predicted octanol–water partition coefficient (Wildman–Crippen LogP) is 3.86. The van der Waals surface area contributed by atoms with Crippen LogP contribution in [0.4, 0.5) is 0 Å². The zero-order valence-corrected chi connectivity index (χ0v) is 13.9. The van der Waals surface area contributed by atoms with Gasteiger partial charge in [0.15, 0.2) is 0 Å². The molecule has 1 aromatic heterocycles. The van der Waals surface area contributed by atoms with Crippen molar-refractivity contribution in [2.45, 2.75) is 69.5 Å². The molecule has 0 radical (unpaired) electrons. The van der Waals surface area contributed by atoms with Crippen molar-refractivity contribution in [3.63, 3.8) is 0 Å². The van der Waals surface area contributed by atoms with Crippen LogP contribution in [-0.2, 0) is 9.53 Å². The van der Waals surface area contributed by atoms with Gasteiger partial charge < -0.3 is 4.74 Å². The highest BCUT2D eigenvalue weighted by molar-refractivity contribution is 5.91. The van der Waals surface area contributed by atoms with Gasteiger partial charge in [-0.05, 0) is 63.7 Å². The standard InChI is InChI=1S/C20H23NO2/c1-12-6-5-8-16(21-12)15-10-13-14-7-3-4-9-20(14)11-17(22)18(13)19(15,2)23-20/h5-6,8,15,18H,3-4,7,9-11H2,1-2H3/t15-,18+,19?,20+/m1/s1. The Balaban J connectivity index is 1.69. The molecule has 2 aliphatic heterocycles. The van der Waals surface area contributed by atoms with Gasteiger partial charge in [0, 0.05) is 23.7 Å². The number of nitrogens with zero attached hydrogens (tertiary/aromatic N) is 1. The van der Waals surface area contributed by atoms with Crippen LogP contribution in [0.5, 0.6) is 0 Å². The Morgan fingerprint density at radius 3 is 3.00 bits per heavy atom. The summed E-state index contributed by atoms with van der Waals surface area (Å²) in [6, 6.07) is 6.22. The third-order valence-electron chi connectivity index (χ3n) is 6.70. The number of ketones is 1. The third-order valence-corrected chi connectivity index (χ3v) is 6.70. The fourth-order valence-electron chi connectivity index (χ4n) is 5.88. The summed E-state index contributed by atoms with van der Waals surface area (Å²) in [4.78, 5) is 17.7. The molecule has 1 unspecified atom stereocenters. The molecule has 23 heavy (non-hydrogen) atoms. The van der Waals surface area contributed by atoms with Crippen molar-refractivity contribution < 1.29 is 9.53 Å². The van der Waals surface area contributed by atoms with Crippen LogP contribution in [0.15, 0.2) is 29.3 Å². The van der Waals surface area contributed by atoms with E-state index in [2.05, 4.69) is 19.1 Å². The van der Waals surface area contributed by atoms with Gasteiger partial charge in [0.05, 0.1) is 17.1 Å². The fraction of sp³-hybridized carbons (Fsp3) is 0.600. The average molecular weight is 309 g/mol. The smallest absolute Gasteiger partial charge is 0.146 e. The van der Waals surface area contributed by atoms with E-state index in [0.717, 1.165) is 30.7 Å². The lowest BCUT2D eigenvalue weighted by atomic mass is 9.62. The summed E-state index contributed by atoms with van der Waals surface area (Å²) in [5, 5.41) is 0. The highest BCUT2D eigenvalue weighted by Crippen LogP contribution is 2.65. The Bertz CT molecular complexity index is 752. The van der Waals surface area contributed by atoms with Crippen LogP contribution in [0, 0.1) is 12.8 Å². The van der Waals surface area contributed by atoms with E-state index in [1.54, 1.807) is 0 Å². The molecule has 6 rings (SSSR count). The number of carbonyl (C=O) groups excluding carboxylic acids is 1. The third kappa shape index (κ3) is 1.64. The highest BCUT2D eigenvalue weighted by Gasteiger charge is 2.67. The Hall–Kier alpha value is -1.48. The molecule has 0 N–H and O–H groups in total. The van der Waals surface area contributed by atoms with E-state index >= 15 is 0 Å². The van der Waals surface area contributed by atoms with Crippen molar-refractivity contribution in [3.05, 3.63) is 40.7 Å². The molecule has 3 heterocycles. The minimum atomic E-state index is -0.397. The number of rotatable bonds is 1. The molecule has 3 fully saturated rings. The first-order valence-corrected chi connectivity index (χ1v) is 8.92. The molecular formula is C20H23NO2. The molecule has 3 nitrogen and oxygen atoms in total. The minimum absolute atomic E-state index is 0.0233. The summed E-state index contributed by atoms with van der Waals surface area (Å²) < 4.78 is 6.81. The maximum atomic E-state index is 12.9. The Labute approximate surface area is 137 Å². The van der Waals surface area contributed by atoms with Gasteiger partial charge in [0.25, 0.3) is 0 Å². The Morgan fingerprint density at radius 1 is 1.30 bits per heavy atom. The molecule has 3 heteroatoms. The normalized spacial score (nSPS) is 41.4. The number of ether oxygens (including phenoxy) is 1.